The number of rotatable bonds is 6. The van der Waals surface area contributed by atoms with E-state index >= 15 is 0 Å². The molecule has 1 aromatic carbocycles. The Labute approximate surface area is 149 Å². The average molecular weight is 349 g/mol. The summed E-state index contributed by atoms with van der Waals surface area (Å²) in [6.07, 6.45) is 2.55. The Kier molecular flexibility index (Phi) is 6.97. The maximum Gasteiger partial charge on any atom is 0.251 e. The van der Waals surface area contributed by atoms with E-state index in [1.165, 1.54) is 18.6 Å². The summed E-state index contributed by atoms with van der Waals surface area (Å²) >= 11 is 2.04. The van der Waals surface area contributed by atoms with Crippen molar-refractivity contribution in [2.45, 2.75) is 38.0 Å². The molecule has 0 radical (unpaired) electrons. The molecule has 1 fully saturated rings. The average Bonchev–Trinajstić information content (AvgIpc) is 3.02. The molecule has 0 saturated carbocycles. The smallest absolute Gasteiger partial charge is 0.251 e. The fourth-order valence-corrected chi connectivity index (χ4v) is 3.93. The van der Waals surface area contributed by atoms with Crippen LogP contribution in [0.5, 0.6) is 0 Å². The van der Waals surface area contributed by atoms with Crippen LogP contribution in [0.2, 0.25) is 0 Å². The predicted molar refractivity (Wildman–Crippen MR) is 103 cm³/mol. The molecule has 0 aliphatic carbocycles. The van der Waals surface area contributed by atoms with Gasteiger partial charge in [-0.25, -0.2) is 0 Å². The summed E-state index contributed by atoms with van der Waals surface area (Å²) in [7, 11) is 1.79. The van der Waals surface area contributed by atoms with Crippen molar-refractivity contribution in [2.24, 2.45) is 4.99 Å². The van der Waals surface area contributed by atoms with E-state index in [0.29, 0.717) is 23.4 Å². The van der Waals surface area contributed by atoms with Crippen LogP contribution in [0.25, 0.3) is 0 Å². The van der Waals surface area contributed by atoms with Gasteiger partial charge in [0, 0.05) is 37.0 Å². The molecule has 6 heteroatoms. The highest BCUT2D eigenvalue weighted by Crippen LogP contribution is 2.36. The minimum atomic E-state index is -0.0307. The number of guanidine groups is 1. The summed E-state index contributed by atoms with van der Waals surface area (Å²) in [4.78, 5) is 16.0. The van der Waals surface area contributed by atoms with Crippen molar-refractivity contribution in [1.29, 1.82) is 0 Å². The lowest BCUT2D eigenvalue weighted by atomic mass is 10.1. The predicted octanol–water partition coefficient (Wildman–Crippen LogP) is 2.39. The monoisotopic (exact) mass is 348 g/mol. The maximum atomic E-state index is 11.8. The zero-order valence-corrected chi connectivity index (χ0v) is 15.6. The van der Waals surface area contributed by atoms with Gasteiger partial charge in [-0.15, -0.1) is 0 Å². The molecule has 2 rings (SSSR count). The zero-order valence-electron chi connectivity index (χ0n) is 14.8. The van der Waals surface area contributed by atoms with Gasteiger partial charge in [-0.05, 0) is 50.1 Å². The second kappa shape index (κ2) is 8.97. The third-order valence-electron chi connectivity index (χ3n) is 4.17. The van der Waals surface area contributed by atoms with E-state index in [2.05, 4.69) is 27.9 Å². The van der Waals surface area contributed by atoms with Gasteiger partial charge in [0.25, 0.3) is 5.91 Å². The fraction of sp³-hybridized carbons (Fsp3) is 0.556. The molecule has 1 aliphatic rings. The van der Waals surface area contributed by atoms with Crippen LogP contribution in [-0.2, 0) is 6.54 Å². The van der Waals surface area contributed by atoms with Crippen molar-refractivity contribution >= 4 is 23.6 Å². The Morgan fingerprint density at radius 3 is 2.58 bits per heavy atom. The minimum absolute atomic E-state index is 0.0307. The van der Waals surface area contributed by atoms with Crippen molar-refractivity contribution in [1.82, 2.24) is 16.0 Å². The lowest BCUT2D eigenvalue weighted by Crippen LogP contribution is -2.43. The molecule has 1 unspecified atom stereocenters. The van der Waals surface area contributed by atoms with E-state index in [0.717, 1.165) is 18.1 Å². The number of benzene rings is 1. The molecular weight excluding hydrogens is 320 g/mol. The second-order valence-electron chi connectivity index (χ2n) is 6.24. The number of nitrogens with one attached hydrogen (secondary N) is 3. The lowest BCUT2D eigenvalue weighted by molar-refractivity contribution is 0.0956. The second-order valence-corrected chi connectivity index (χ2v) is 7.92. The fourth-order valence-electron chi connectivity index (χ4n) is 2.69. The minimum Gasteiger partial charge on any atom is -0.355 e. The van der Waals surface area contributed by atoms with Crippen molar-refractivity contribution in [3.63, 3.8) is 0 Å². The van der Waals surface area contributed by atoms with Crippen molar-refractivity contribution in [3.05, 3.63) is 35.4 Å². The van der Waals surface area contributed by atoms with Gasteiger partial charge >= 0.3 is 0 Å². The number of aliphatic imine (C=N–C) groups is 1. The van der Waals surface area contributed by atoms with Gasteiger partial charge in [0.15, 0.2) is 5.96 Å². The highest BCUT2D eigenvalue weighted by atomic mass is 32.2. The molecule has 1 aliphatic heterocycles. The van der Waals surface area contributed by atoms with Gasteiger partial charge in [0.05, 0.1) is 0 Å². The molecule has 0 bridgehead atoms. The number of nitrogens with zero attached hydrogens (tertiary/aromatic N) is 1. The number of carbonyl (C=O) groups is 1. The van der Waals surface area contributed by atoms with Gasteiger partial charge in [-0.3, -0.25) is 9.79 Å². The van der Waals surface area contributed by atoms with Crippen LogP contribution in [0.4, 0.5) is 0 Å². The van der Waals surface area contributed by atoms with E-state index in [-0.39, 0.29) is 5.91 Å². The largest absolute Gasteiger partial charge is 0.355 e. The first-order valence-electron chi connectivity index (χ1n) is 8.52. The number of thioether (sulfide) groups is 1. The molecule has 24 heavy (non-hydrogen) atoms. The molecule has 1 saturated heterocycles. The number of hydrogen-bond acceptors (Lipinski definition) is 3. The Hall–Kier alpha value is -1.69. The highest BCUT2D eigenvalue weighted by molar-refractivity contribution is 8.00. The number of amides is 1. The molecule has 0 aromatic heterocycles. The topological polar surface area (TPSA) is 65.5 Å². The van der Waals surface area contributed by atoms with Crippen LogP contribution in [0.3, 0.4) is 0 Å². The van der Waals surface area contributed by atoms with Gasteiger partial charge in [0.2, 0.25) is 0 Å². The van der Waals surface area contributed by atoms with Crippen LogP contribution < -0.4 is 16.0 Å². The van der Waals surface area contributed by atoms with Gasteiger partial charge in [0.1, 0.15) is 0 Å². The quantitative estimate of drug-likeness (QED) is 0.545. The molecule has 3 N–H and O–H groups in total. The third-order valence-corrected chi connectivity index (χ3v) is 5.71. The van der Waals surface area contributed by atoms with E-state index in [1.807, 2.05) is 43.0 Å². The van der Waals surface area contributed by atoms with Crippen molar-refractivity contribution in [3.8, 4) is 0 Å². The van der Waals surface area contributed by atoms with Gasteiger partial charge in [-0.2, -0.15) is 11.8 Å². The maximum absolute atomic E-state index is 11.8. The Morgan fingerprint density at radius 2 is 2.00 bits per heavy atom. The van der Waals surface area contributed by atoms with E-state index in [9.17, 15) is 4.79 Å². The van der Waals surface area contributed by atoms with Gasteiger partial charge < -0.3 is 16.0 Å². The summed E-state index contributed by atoms with van der Waals surface area (Å²) < 4.78 is 0.311. The molecule has 1 aromatic rings. The Bertz CT molecular complexity index is 565. The first-order valence-corrected chi connectivity index (χ1v) is 9.50. The summed E-state index contributed by atoms with van der Waals surface area (Å²) in [5, 5.41) is 9.55. The number of hydrogen-bond donors (Lipinski definition) is 3. The summed E-state index contributed by atoms with van der Waals surface area (Å²) in [5.41, 5.74) is 1.81. The Morgan fingerprint density at radius 1 is 1.25 bits per heavy atom. The van der Waals surface area contributed by atoms with E-state index < -0.39 is 0 Å². The SMILES string of the molecule is CCNC(=O)c1ccc(CNC(=NC)NCC2(C)CCCS2)cc1. The molecule has 5 nitrogen and oxygen atoms in total. The first kappa shape index (κ1) is 18.6. The van der Waals surface area contributed by atoms with E-state index in [1.54, 1.807) is 7.05 Å². The summed E-state index contributed by atoms with van der Waals surface area (Å²) in [6, 6.07) is 7.65. The van der Waals surface area contributed by atoms with Crippen molar-refractivity contribution < 1.29 is 4.79 Å². The highest BCUT2D eigenvalue weighted by Gasteiger charge is 2.29. The van der Waals surface area contributed by atoms with Crippen molar-refractivity contribution in [2.75, 3.05) is 25.9 Å². The normalized spacial score (nSPS) is 20.7. The Balaban J connectivity index is 1.81. The number of carbonyl (C=O) groups excluding carboxylic acids is 1. The van der Waals surface area contributed by atoms with Crippen LogP contribution in [0.15, 0.2) is 29.3 Å². The van der Waals surface area contributed by atoms with E-state index in [4.69, 9.17) is 0 Å². The first-order chi connectivity index (χ1) is 11.6. The standard InChI is InChI=1S/C18H28N4OS/c1-4-20-16(23)15-8-6-14(7-9-15)12-21-17(19-3)22-13-18(2)10-5-11-24-18/h6-9H,4-5,10-13H2,1-3H3,(H,20,23)(H2,19,21,22). The van der Waals surface area contributed by atoms with Crippen LogP contribution >= 0.6 is 11.8 Å². The molecule has 0 spiro atoms. The summed E-state index contributed by atoms with van der Waals surface area (Å²) in [6.45, 7) is 6.47. The van der Waals surface area contributed by atoms with Crippen LogP contribution in [0.1, 0.15) is 42.6 Å². The van der Waals surface area contributed by atoms with Crippen LogP contribution in [-0.4, -0.2) is 42.5 Å². The molecular formula is C18H28N4OS. The van der Waals surface area contributed by atoms with Crippen LogP contribution in [0, 0.1) is 0 Å². The molecule has 1 amide bonds. The molecule has 1 atom stereocenters. The zero-order chi connectivity index (χ0) is 17.4. The molecule has 132 valence electrons. The lowest BCUT2D eigenvalue weighted by Gasteiger charge is -2.24. The molecule has 1 heterocycles. The third kappa shape index (κ3) is 5.44. The summed E-state index contributed by atoms with van der Waals surface area (Å²) in [5.74, 6) is 2.04. The van der Waals surface area contributed by atoms with Gasteiger partial charge in [-0.1, -0.05) is 12.1 Å².